The number of amides is 1. The van der Waals surface area contributed by atoms with Crippen LogP contribution < -0.4 is 10.6 Å². The first-order valence-corrected chi connectivity index (χ1v) is 7.97. The molecule has 0 unspecified atom stereocenters. The van der Waals surface area contributed by atoms with Gasteiger partial charge < -0.3 is 30.9 Å². The molecule has 0 aromatic carbocycles. The SMILES string of the molecule is CC/C(NC)=C(/C=O)N1CCN(C(=O)/C(NC)=C(\O)C(C)=N)CC1. The number of hydrogen-bond acceptors (Lipinski definition) is 7. The molecule has 134 valence electrons. The average molecular weight is 337 g/mol. The first-order chi connectivity index (χ1) is 11.4. The molecule has 0 saturated carbocycles. The number of hydrogen-bond donors (Lipinski definition) is 4. The molecule has 8 nitrogen and oxygen atoms in total. The zero-order chi connectivity index (χ0) is 18.3. The van der Waals surface area contributed by atoms with Crippen molar-refractivity contribution >= 4 is 17.9 Å². The van der Waals surface area contributed by atoms with E-state index >= 15 is 0 Å². The molecule has 0 spiro atoms. The van der Waals surface area contributed by atoms with Crippen LogP contribution in [-0.2, 0) is 9.59 Å². The number of aldehydes is 1. The number of piperazine rings is 1. The molecular formula is C16H27N5O3. The average Bonchev–Trinajstić information content (AvgIpc) is 2.60. The largest absolute Gasteiger partial charge is 0.504 e. The van der Waals surface area contributed by atoms with Crippen LogP contribution in [0.15, 0.2) is 22.9 Å². The molecule has 1 aliphatic rings. The third-order valence-electron chi connectivity index (χ3n) is 4.04. The van der Waals surface area contributed by atoms with E-state index in [1.165, 1.54) is 14.0 Å². The summed E-state index contributed by atoms with van der Waals surface area (Å²) in [7, 11) is 3.32. The van der Waals surface area contributed by atoms with Gasteiger partial charge in [0.15, 0.2) is 12.0 Å². The summed E-state index contributed by atoms with van der Waals surface area (Å²) in [6, 6.07) is 0. The van der Waals surface area contributed by atoms with Crippen LogP contribution in [0.4, 0.5) is 0 Å². The molecule has 0 radical (unpaired) electrons. The molecule has 4 N–H and O–H groups in total. The first kappa shape index (κ1) is 19.5. The predicted molar refractivity (Wildman–Crippen MR) is 92.7 cm³/mol. The number of aliphatic hydroxyl groups is 1. The van der Waals surface area contributed by atoms with Crippen LogP contribution in [0, 0.1) is 5.41 Å². The minimum Gasteiger partial charge on any atom is -0.504 e. The predicted octanol–water partition coefficient (Wildman–Crippen LogP) is 0.199. The van der Waals surface area contributed by atoms with E-state index in [-0.39, 0.29) is 23.1 Å². The summed E-state index contributed by atoms with van der Waals surface area (Å²) in [6.07, 6.45) is 1.57. The Labute approximate surface area is 142 Å². The van der Waals surface area contributed by atoms with Gasteiger partial charge in [-0.05, 0) is 13.3 Å². The summed E-state index contributed by atoms with van der Waals surface area (Å²) in [5.74, 6) is -0.691. The van der Waals surface area contributed by atoms with E-state index in [4.69, 9.17) is 5.41 Å². The van der Waals surface area contributed by atoms with Crippen molar-refractivity contribution in [1.82, 2.24) is 20.4 Å². The van der Waals surface area contributed by atoms with Crippen LogP contribution in [0.25, 0.3) is 0 Å². The van der Waals surface area contributed by atoms with Crippen molar-refractivity contribution in [2.45, 2.75) is 20.3 Å². The molecule has 24 heavy (non-hydrogen) atoms. The Kier molecular flexibility index (Phi) is 7.29. The molecule has 0 aromatic rings. The molecule has 0 aliphatic carbocycles. The fourth-order valence-electron chi connectivity index (χ4n) is 2.65. The highest BCUT2D eigenvalue weighted by atomic mass is 16.3. The second kappa shape index (κ2) is 8.95. The Morgan fingerprint density at radius 3 is 2.08 bits per heavy atom. The third-order valence-corrected chi connectivity index (χ3v) is 4.04. The van der Waals surface area contributed by atoms with Gasteiger partial charge in [0, 0.05) is 46.0 Å². The van der Waals surface area contributed by atoms with E-state index < -0.39 is 0 Å². The van der Waals surface area contributed by atoms with Crippen molar-refractivity contribution in [1.29, 1.82) is 5.41 Å². The molecule has 0 aromatic heterocycles. The van der Waals surface area contributed by atoms with Gasteiger partial charge in [0.05, 0.1) is 11.4 Å². The monoisotopic (exact) mass is 337 g/mol. The Balaban J connectivity index is 2.87. The number of nitrogens with one attached hydrogen (secondary N) is 3. The number of carbonyl (C=O) groups is 2. The summed E-state index contributed by atoms with van der Waals surface area (Å²) >= 11 is 0. The maximum Gasteiger partial charge on any atom is 0.273 e. The van der Waals surface area contributed by atoms with Gasteiger partial charge in [-0.25, -0.2) is 0 Å². The van der Waals surface area contributed by atoms with Crippen LogP contribution in [0.1, 0.15) is 20.3 Å². The number of likely N-dealkylation sites (N-methyl/N-ethyl adjacent to an activating group) is 1. The van der Waals surface area contributed by atoms with E-state index in [1.807, 2.05) is 11.8 Å². The van der Waals surface area contributed by atoms with Crippen LogP contribution in [0.2, 0.25) is 0 Å². The van der Waals surface area contributed by atoms with Crippen molar-refractivity contribution < 1.29 is 14.7 Å². The first-order valence-electron chi connectivity index (χ1n) is 7.97. The lowest BCUT2D eigenvalue weighted by atomic mass is 10.2. The third kappa shape index (κ3) is 4.27. The van der Waals surface area contributed by atoms with Gasteiger partial charge in [0.1, 0.15) is 5.70 Å². The van der Waals surface area contributed by atoms with Crippen molar-refractivity contribution in [3.63, 3.8) is 0 Å². The second-order valence-corrected chi connectivity index (χ2v) is 5.46. The lowest BCUT2D eigenvalue weighted by Crippen LogP contribution is -2.50. The Hall–Kier alpha value is -2.51. The minimum atomic E-state index is -0.346. The van der Waals surface area contributed by atoms with Gasteiger partial charge >= 0.3 is 0 Å². The van der Waals surface area contributed by atoms with E-state index in [0.717, 1.165) is 18.4 Å². The molecule has 1 fully saturated rings. The van der Waals surface area contributed by atoms with E-state index in [2.05, 4.69) is 10.6 Å². The Morgan fingerprint density at radius 2 is 1.71 bits per heavy atom. The number of allylic oxidation sites excluding steroid dienone is 3. The zero-order valence-electron chi connectivity index (χ0n) is 14.8. The quantitative estimate of drug-likeness (QED) is 0.229. The highest BCUT2D eigenvalue weighted by Crippen LogP contribution is 2.14. The molecule has 1 aliphatic heterocycles. The standard InChI is InChI=1S/C16H27N5O3/c1-5-12(18-3)13(10-22)20-6-8-21(9-7-20)16(24)14(19-4)15(23)11(2)17/h10,17-19,23H,5-9H2,1-4H3/b13-12+,15-14+,17-11?. The van der Waals surface area contributed by atoms with E-state index in [1.54, 1.807) is 11.9 Å². The van der Waals surface area contributed by atoms with Crippen LogP contribution >= 0.6 is 0 Å². The van der Waals surface area contributed by atoms with Gasteiger partial charge in [-0.2, -0.15) is 0 Å². The lowest BCUT2D eigenvalue weighted by Gasteiger charge is -2.37. The highest BCUT2D eigenvalue weighted by Gasteiger charge is 2.27. The van der Waals surface area contributed by atoms with Crippen molar-refractivity contribution in [3.05, 3.63) is 22.9 Å². The number of rotatable bonds is 7. The number of aliphatic hydroxyl groups excluding tert-OH is 1. The van der Waals surface area contributed by atoms with Gasteiger partial charge in [-0.3, -0.25) is 9.59 Å². The normalized spacial score (nSPS) is 16.8. The summed E-state index contributed by atoms with van der Waals surface area (Å²) in [5.41, 5.74) is 1.44. The Bertz CT molecular complexity index is 554. The number of nitrogens with zero attached hydrogens (tertiary/aromatic N) is 2. The smallest absolute Gasteiger partial charge is 0.273 e. The fraction of sp³-hybridized carbons (Fsp3) is 0.562. The maximum absolute atomic E-state index is 12.5. The molecular weight excluding hydrogens is 310 g/mol. The second-order valence-electron chi connectivity index (χ2n) is 5.46. The molecule has 1 heterocycles. The maximum atomic E-state index is 12.5. The van der Waals surface area contributed by atoms with Crippen molar-refractivity contribution in [2.75, 3.05) is 40.3 Å². The summed E-state index contributed by atoms with van der Waals surface area (Å²) in [4.78, 5) is 27.5. The van der Waals surface area contributed by atoms with Crippen LogP contribution in [0.3, 0.4) is 0 Å². The molecule has 0 atom stereocenters. The fourth-order valence-corrected chi connectivity index (χ4v) is 2.65. The van der Waals surface area contributed by atoms with Gasteiger partial charge in [-0.1, -0.05) is 6.92 Å². The van der Waals surface area contributed by atoms with Crippen molar-refractivity contribution in [3.8, 4) is 0 Å². The highest BCUT2D eigenvalue weighted by molar-refractivity contribution is 6.03. The van der Waals surface area contributed by atoms with Crippen molar-refractivity contribution in [2.24, 2.45) is 0 Å². The molecule has 1 amide bonds. The van der Waals surface area contributed by atoms with Crippen LogP contribution in [-0.4, -0.2) is 73.1 Å². The van der Waals surface area contributed by atoms with Crippen LogP contribution in [0.5, 0.6) is 0 Å². The molecule has 8 heteroatoms. The summed E-state index contributed by atoms with van der Waals surface area (Å²) in [5, 5.41) is 23.1. The zero-order valence-corrected chi connectivity index (χ0v) is 14.8. The topological polar surface area (TPSA) is 109 Å². The molecule has 1 saturated heterocycles. The summed E-state index contributed by atoms with van der Waals surface area (Å²) in [6.45, 7) is 5.34. The minimum absolute atomic E-state index is 0.0200. The summed E-state index contributed by atoms with van der Waals surface area (Å²) < 4.78 is 0. The van der Waals surface area contributed by atoms with E-state index in [9.17, 15) is 14.7 Å². The molecule has 0 bridgehead atoms. The molecule has 1 rings (SSSR count). The lowest BCUT2D eigenvalue weighted by molar-refractivity contribution is -0.129. The van der Waals surface area contributed by atoms with Gasteiger partial charge in [0.2, 0.25) is 0 Å². The van der Waals surface area contributed by atoms with E-state index in [0.29, 0.717) is 31.9 Å². The Morgan fingerprint density at radius 1 is 1.17 bits per heavy atom. The van der Waals surface area contributed by atoms with Gasteiger partial charge in [0.25, 0.3) is 5.91 Å². The van der Waals surface area contributed by atoms with Gasteiger partial charge in [-0.15, -0.1) is 0 Å². The number of carbonyl (C=O) groups excluding carboxylic acids is 2.